The largest absolute Gasteiger partial charge is 0.324 e. The molecular weight excluding hydrogens is 245 g/mol. The highest BCUT2D eigenvalue weighted by Gasteiger charge is 2.55. The van der Waals surface area contributed by atoms with Crippen molar-refractivity contribution in [1.82, 2.24) is 0 Å². The summed E-state index contributed by atoms with van der Waals surface area (Å²) in [5.74, 6) is -1.41. The third-order valence-corrected chi connectivity index (χ3v) is 5.30. The summed E-state index contributed by atoms with van der Waals surface area (Å²) in [6.07, 6.45) is 1.10. The van der Waals surface area contributed by atoms with Crippen LogP contribution in [0.2, 0.25) is 0 Å². The monoisotopic (exact) mass is 255 g/mol. The molecule has 0 atom stereocenters. The van der Waals surface area contributed by atoms with Crippen molar-refractivity contribution in [3.05, 3.63) is 24.0 Å². The van der Waals surface area contributed by atoms with Gasteiger partial charge in [-0.05, 0) is 25.0 Å². The van der Waals surface area contributed by atoms with Crippen LogP contribution in [-0.4, -0.2) is 20.1 Å². The molecule has 1 N–H and O–H groups in total. The fraction of sp³-hybridized carbons (Fsp3) is 0.364. The first-order valence-corrected chi connectivity index (χ1v) is 6.93. The number of amides is 1. The molecule has 1 spiro atoms. The number of benzene rings is 1. The van der Waals surface area contributed by atoms with Crippen molar-refractivity contribution in [3.63, 3.8) is 0 Å². The van der Waals surface area contributed by atoms with Crippen LogP contribution >= 0.6 is 0 Å². The van der Waals surface area contributed by atoms with Crippen LogP contribution in [0.15, 0.2) is 23.1 Å². The molecule has 1 heterocycles. The van der Waals surface area contributed by atoms with Crippen LogP contribution in [0.4, 0.5) is 10.1 Å². The van der Waals surface area contributed by atoms with Crippen molar-refractivity contribution in [1.29, 1.82) is 0 Å². The van der Waals surface area contributed by atoms with Crippen molar-refractivity contribution in [2.75, 3.05) is 11.1 Å². The maximum atomic E-state index is 13.6. The molecule has 1 amide bonds. The first-order valence-electron chi connectivity index (χ1n) is 5.27. The molecule has 1 aromatic carbocycles. The first-order chi connectivity index (χ1) is 7.95. The third-order valence-electron chi connectivity index (χ3n) is 3.33. The lowest BCUT2D eigenvalue weighted by atomic mass is 10.1. The molecule has 0 bridgehead atoms. The minimum Gasteiger partial charge on any atom is -0.324 e. The van der Waals surface area contributed by atoms with Gasteiger partial charge in [-0.3, -0.25) is 4.79 Å². The van der Waals surface area contributed by atoms with E-state index in [1.807, 2.05) is 0 Å². The van der Waals surface area contributed by atoms with Gasteiger partial charge in [0, 0.05) is 0 Å². The maximum Gasteiger partial charge on any atom is 0.231 e. The molecule has 1 saturated carbocycles. The number of halogens is 1. The van der Waals surface area contributed by atoms with Gasteiger partial charge in [0.25, 0.3) is 0 Å². The van der Waals surface area contributed by atoms with Crippen LogP contribution in [0.25, 0.3) is 0 Å². The summed E-state index contributed by atoms with van der Waals surface area (Å²) in [6.45, 7) is 0. The maximum absolute atomic E-state index is 13.6. The van der Waals surface area contributed by atoms with E-state index in [9.17, 15) is 17.6 Å². The number of hydrogen-bond donors (Lipinski definition) is 1. The Morgan fingerprint density at radius 3 is 2.65 bits per heavy atom. The van der Waals surface area contributed by atoms with Crippen molar-refractivity contribution < 1.29 is 17.6 Å². The van der Waals surface area contributed by atoms with Crippen LogP contribution < -0.4 is 5.32 Å². The Hall–Kier alpha value is -1.43. The van der Waals surface area contributed by atoms with E-state index in [0.717, 1.165) is 6.07 Å². The predicted molar refractivity (Wildman–Crippen MR) is 58.7 cm³/mol. The molecule has 1 aromatic rings. The highest BCUT2D eigenvalue weighted by molar-refractivity contribution is 7.91. The summed E-state index contributed by atoms with van der Waals surface area (Å²) in [5, 5.41) is 2.51. The molecule has 90 valence electrons. The van der Waals surface area contributed by atoms with E-state index in [1.165, 1.54) is 12.1 Å². The second-order valence-corrected chi connectivity index (χ2v) is 6.54. The van der Waals surface area contributed by atoms with Crippen LogP contribution in [0.5, 0.6) is 0 Å². The predicted octanol–water partition coefficient (Wildman–Crippen LogP) is 1.33. The van der Waals surface area contributed by atoms with Gasteiger partial charge in [-0.15, -0.1) is 0 Å². The Kier molecular flexibility index (Phi) is 1.93. The Bertz CT molecular complexity index is 620. The molecule has 3 rings (SSSR count). The number of rotatable bonds is 0. The molecule has 0 saturated heterocycles. The minimum absolute atomic E-state index is 0.0544. The Balaban J connectivity index is 2.25. The van der Waals surface area contributed by atoms with E-state index in [2.05, 4.69) is 5.32 Å². The summed E-state index contributed by atoms with van der Waals surface area (Å²) >= 11 is 0. The van der Waals surface area contributed by atoms with Gasteiger partial charge in [-0.25, -0.2) is 12.8 Å². The standard InChI is InChI=1S/C11H10FNO3S/c12-7-2-1-3-8-9(7)17(15,16)6-11(4-5-11)10(14)13-8/h1-3H,4-6H2,(H,13,14). The first kappa shape index (κ1) is 10.7. The van der Waals surface area contributed by atoms with Gasteiger partial charge >= 0.3 is 0 Å². The van der Waals surface area contributed by atoms with E-state index >= 15 is 0 Å². The van der Waals surface area contributed by atoms with Crippen molar-refractivity contribution in [3.8, 4) is 0 Å². The van der Waals surface area contributed by atoms with Gasteiger partial charge in [0.05, 0.1) is 16.9 Å². The minimum atomic E-state index is -3.75. The number of carbonyl (C=O) groups is 1. The molecule has 1 fully saturated rings. The van der Waals surface area contributed by atoms with Crippen molar-refractivity contribution >= 4 is 21.4 Å². The van der Waals surface area contributed by atoms with E-state index in [1.54, 1.807) is 0 Å². The van der Waals surface area contributed by atoms with Gasteiger partial charge in [0.15, 0.2) is 9.84 Å². The van der Waals surface area contributed by atoms with Crippen LogP contribution in [0.3, 0.4) is 0 Å². The SMILES string of the molecule is O=C1Nc2cccc(F)c2S(=O)(=O)CC12CC2. The van der Waals surface area contributed by atoms with Crippen molar-refractivity contribution in [2.24, 2.45) is 5.41 Å². The summed E-state index contributed by atoms with van der Waals surface area (Å²) in [7, 11) is -3.75. The lowest BCUT2D eigenvalue weighted by Crippen LogP contribution is -2.27. The fourth-order valence-corrected chi connectivity index (χ4v) is 4.31. The van der Waals surface area contributed by atoms with Gasteiger partial charge in [0.1, 0.15) is 10.7 Å². The summed E-state index contributed by atoms with van der Waals surface area (Å²) in [6, 6.07) is 3.89. The Morgan fingerprint density at radius 2 is 2.00 bits per heavy atom. The van der Waals surface area contributed by atoms with Crippen LogP contribution in [-0.2, 0) is 14.6 Å². The second kappa shape index (κ2) is 3.07. The average molecular weight is 255 g/mol. The highest BCUT2D eigenvalue weighted by atomic mass is 32.2. The Morgan fingerprint density at radius 1 is 1.29 bits per heavy atom. The second-order valence-electron chi connectivity index (χ2n) is 4.61. The zero-order valence-electron chi connectivity index (χ0n) is 8.86. The molecule has 6 heteroatoms. The summed E-state index contributed by atoms with van der Waals surface area (Å²) < 4.78 is 37.8. The zero-order valence-corrected chi connectivity index (χ0v) is 9.68. The number of hydrogen-bond acceptors (Lipinski definition) is 3. The Labute approximate surface area is 97.7 Å². The van der Waals surface area contributed by atoms with E-state index < -0.39 is 21.1 Å². The molecule has 0 radical (unpaired) electrons. The fourth-order valence-electron chi connectivity index (χ4n) is 2.20. The normalized spacial score (nSPS) is 23.7. The highest BCUT2D eigenvalue weighted by Crippen LogP contribution is 2.50. The number of nitrogens with one attached hydrogen (secondary N) is 1. The van der Waals surface area contributed by atoms with Crippen LogP contribution in [0, 0.1) is 11.2 Å². The number of anilines is 1. The number of carbonyl (C=O) groups excluding carboxylic acids is 1. The molecule has 0 aromatic heterocycles. The zero-order chi connectivity index (χ0) is 12.3. The van der Waals surface area contributed by atoms with Crippen LogP contribution in [0.1, 0.15) is 12.8 Å². The quantitative estimate of drug-likeness (QED) is 0.760. The van der Waals surface area contributed by atoms with Crippen molar-refractivity contribution in [2.45, 2.75) is 17.7 Å². The van der Waals surface area contributed by atoms with Gasteiger partial charge < -0.3 is 5.32 Å². The van der Waals surface area contributed by atoms with E-state index in [4.69, 9.17) is 0 Å². The molecule has 1 aliphatic heterocycles. The molecular formula is C11H10FNO3S. The average Bonchev–Trinajstić information content (AvgIpc) is 2.97. The summed E-state index contributed by atoms with van der Waals surface area (Å²) in [5.41, 5.74) is -0.775. The lowest BCUT2D eigenvalue weighted by Gasteiger charge is -2.08. The van der Waals surface area contributed by atoms with E-state index in [0.29, 0.717) is 12.8 Å². The number of fused-ring (bicyclic) bond motifs is 1. The molecule has 2 aliphatic rings. The van der Waals surface area contributed by atoms with E-state index in [-0.39, 0.29) is 22.2 Å². The number of sulfone groups is 1. The summed E-state index contributed by atoms with van der Waals surface area (Å²) in [4.78, 5) is 11.5. The molecule has 17 heavy (non-hydrogen) atoms. The third kappa shape index (κ3) is 1.47. The van der Waals surface area contributed by atoms with Gasteiger partial charge in [-0.2, -0.15) is 0 Å². The topological polar surface area (TPSA) is 63.2 Å². The smallest absolute Gasteiger partial charge is 0.231 e. The molecule has 4 nitrogen and oxygen atoms in total. The molecule has 1 aliphatic carbocycles. The molecule has 0 unspecified atom stereocenters. The lowest BCUT2D eigenvalue weighted by molar-refractivity contribution is -0.120. The van der Waals surface area contributed by atoms with Gasteiger partial charge in [-0.1, -0.05) is 6.07 Å². The van der Waals surface area contributed by atoms with Gasteiger partial charge in [0.2, 0.25) is 5.91 Å².